The molecule has 3 aromatic heterocycles. The zero-order chi connectivity index (χ0) is 13.2. The van der Waals surface area contributed by atoms with Crippen LogP contribution in [-0.2, 0) is 6.54 Å². The van der Waals surface area contributed by atoms with E-state index in [0.29, 0.717) is 0 Å². The van der Waals surface area contributed by atoms with Crippen molar-refractivity contribution in [2.45, 2.75) is 20.4 Å². The zero-order valence-electron chi connectivity index (χ0n) is 10.8. The molecule has 0 radical (unpaired) electrons. The summed E-state index contributed by atoms with van der Waals surface area (Å²) in [5.74, 6) is 0.902. The van der Waals surface area contributed by atoms with Gasteiger partial charge in [-0.3, -0.25) is 4.98 Å². The molecule has 19 heavy (non-hydrogen) atoms. The molecule has 0 bridgehead atoms. The highest BCUT2D eigenvalue weighted by atomic mass is 32.1. The Kier molecular flexibility index (Phi) is 3.13. The van der Waals surface area contributed by atoms with Gasteiger partial charge in [-0.2, -0.15) is 0 Å². The second kappa shape index (κ2) is 4.93. The average Bonchev–Trinajstić information content (AvgIpc) is 2.81. The summed E-state index contributed by atoms with van der Waals surface area (Å²) in [5.41, 5.74) is 4.65. The molecule has 0 aromatic carbocycles. The number of fused-ring (bicyclic) bond motifs is 1. The number of aryl methyl sites for hydroxylation is 2. The summed E-state index contributed by atoms with van der Waals surface area (Å²) in [6.07, 6.45) is 5.31. The van der Waals surface area contributed by atoms with Gasteiger partial charge in [-0.1, -0.05) is 0 Å². The Bertz CT molecular complexity index is 720. The van der Waals surface area contributed by atoms with Crippen LogP contribution in [0.3, 0.4) is 0 Å². The molecule has 1 N–H and O–H groups in total. The molecule has 0 fully saturated rings. The van der Waals surface area contributed by atoms with Crippen molar-refractivity contribution in [3.8, 4) is 0 Å². The highest BCUT2D eigenvalue weighted by molar-refractivity contribution is 7.18. The lowest BCUT2D eigenvalue weighted by Crippen LogP contribution is -2.03. The third-order valence-corrected chi connectivity index (χ3v) is 4.21. The summed E-state index contributed by atoms with van der Waals surface area (Å²) in [4.78, 5) is 12.8. The normalized spacial score (nSPS) is 10.8. The lowest BCUT2D eigenvalue weighted by Gasteiger charge is -2.08. The summed E-state index contributed by atoms with van der Waals surface area (Å²) in [7, 11) is 0. The topological polar surface area (TPSA) is 50.7 Å². The van der Waals surface area contributed by atoms with Gasteiger partial charge in [0.25, 0.3) is 0 Å². The number of nitrogens with one attached hydrogen (secondary N) is 1. The van der Waals surface area contributed by atoms with Crippen molar-refractivity contribution in [3.63, 3.8) is 0 Å². The lowest BCUT2D eigenvalue weighted by atomic mass is 10.1. The average molecular weight is 270 g/mol. The minimum Gasteiger partial charge on any atom is -0.365 e. The maximum absolute atomic E-state index is 4.34. The highest BCUT2D eigenvalue weighted by Crippen LogP contribution is 2.28. The zero-order valence-corrected chi connectivity index (χ0v) is 11.7. The number of hydrogen-bond acceptors (Lipinski definition) is 5. The third-order valence-electron chi connectivity index (χ3n) is 3.11. The molecule has 0 saturated carbocycles. The molecule has 3 aromatic rings. The number of rotatable bonds is 3. The SMILES string of the molecule is Cc1cnccc1CNc1ncnc2c(C)csc12. The van der Waals surface area contributed by atoms with Crippen molar-refractivity contribution < 1.29 is 0 Å². The molecule has 96 valence electrons. The Balaban J connectivity index is 1.88. The molecular weight excluding hydrogens is 256 g/mol. The molecule has 4 nitrogen and oxygen atoms in total. The van der Waals surface area contributed by atoms with Gasteiger partial charge in [0.1, 0.15) is 12.1 Å². The maximum atomic E-state index is 4.34. The Morgan fingerprint density at radius 2 is 2.11 bits per heavy atom. The fraction of sp³-hybridized carbons (Fsp3) is 0.214. The number of nitrogens with zero attached hydrogens (tertiary/aromatic N) is 3. The molecule has 3 rings (SSSR count). The fourth-order valence-electron chi connectivity index (χ4n) is 1.97. The molecule has 3 heterocycles. The van der Waals surface area contributed by atoms with Crippen LogP contribution < -0.4 is 5.32 Å². The van der Waals surface area contributed by atoms with Gasteiger partial charge in [0, 0.05) is 18.9 Å². The van der Waals surface area contributed by atoms with E-state index in [1.807, 2.05) is 18.5 Å². The maximum Gasteiger partial charge on any atom is 0.147 e. The van der Waals surface area contributed by atoms with Gasteiger partial charge in [0.2, 0.25) is 0 Å². The summed E-state index contributed by atoms with van der Waals surface area (Å²) in [6, 6.07) is 2.03. The third kappa shape index (κ3) is 2.29. The Labute approximate surface area is 115 Å². The van der Waals surface area contributed by atoms with Crippen LogP contribution in [0.2, 0.25) is 0 Å². The molecule has 0 aliphatic heterocycles. The molecule has 0 aliphatic rings. The predicted octanol–water partition coefficient (Wildman–Crippen LogP) is 3.32. The van der Waals surface area contributed by atoms with Gasteiger partial charge in [-0.15, -0.1) is 11.3 Å². The van der Waals surface area contributed by atoms with Crippen molar-refractivity contribution in [2.24, 2.45) is 0 Å². The molecule has 0 spiro atoms. The minimum absolute atomic E-state index is 0.747. The molecule has 5 heteroatoms. The van der Waals surface area contributed by atoms with E-state index in [1.54, 1.807) is 17.7 Å². The van der Waals surface area contributed by atoms with E-state index >= 15 is 0 Å². The number of aromatic nitrogens is 3. The smallest absolute Gasteiger partial charge is 0.147 e. The van der Waals surface area contributed by atoms with Crippen LogP contribution in [0.1, 0.15) is 16.7 Å². The first kappa shape index (κ1) is 12.0. The quantitative estimate of drug-likeness (QED) is 0.793. The largest absolute Gasteiger partial charge is 0.365 e. The van der Waals surface area contributed by atoms with Gasteiger partial charge in [-0.25, -0.2) is 9.97 Å². The van der Waals surface area contributed by atoms with E-state index in [2.05, 4.69) is 39.5 Å². The van der Waals surface area contributed by atoms with E-state index in [-0.39, 0.29) is 0 Å². The van der Waals surface area contributed by atoms with Crippen molar-refractivity contribution in [2.75, 3.05) is 5.32 Å². The Hall–Kier alpha value is -2.01. The van der Waals surface area contributed by atoms with Crippen LogP contribution in [0.25, 0.3) is 10.2 Å². The van der Waals surface area contributed by atoms with Gasteiger partial charge in [0.15, 0.2) is 0 Å². The monoisotopic (exact) mass is 270 g/mol. The van der Waals surface area contributed by atoms with Crippen LogP contribution in [-0.4, -0.2) is 15.0 Å². The van der Waals surface area contributed by atoms with Crippen LogP contribution >= 0.6 is 11.3 Å². The Morgan fingerprint density at radius 3 is 2.95 bits per heavy atom. The first-order valence-corrected chi connectivity index (χ1v) is 6.96. The second-order valence-electron chi connectivity index (χ2n) is 4.47. The van der Waals surface area contributed by atoms with E-state index in [9.17, 15) is 0 Å². The highest BCUT2D eigenvalue weighted by Gasteiger charge is 2.08. The van der Waals surface area contributed by atoms with Gasteiger partial charge >= 0.3 is 0 Å². The molecule has 0 atom stereocenters. The van der Waals surface area contributed by atoms with Crippen molar-refractivity contribution in [3.05, 3.63) is 46.9 Å². The van der Waals surface area contributed by atoms with Gasteiger partial charge < -0.3 is 5.32 Å². The van der Waals surface area contributed by atoms with Crippen LogP contribution in [0, 0.1) is 13.8 Å². The number of hydrogen-bond donors (Lipinski definition) is 1. The number of anilines is 1. The van der Waals surface area contributed by atoms with Crippen LogP contribution in [0.5, 0.6) is 0 Å². The molecule has 0 amide bonds. The van der Waals surface area contributed by atoms with E-state index in [0.717, 1.165) is 22.6 Å². The molecular formula is C14H14N4S. The van der Waals surface area contributed by atoms with Crippen molar-refractivity contribution >= 4 is 27.4 Å². The lowest BCUT2D eigenvalue weighted by molar-refractivity contribution is 1.07. The number of thiophene rings is 1. The predicted molar refractivity (Wildman–Crippen MR) is 78.5 cm³/mol. The second-order valence-corrected chi connectivity index (χ2v) is 5.35. The van der Waals surface area contributed by atoms with Crippen molar-refractivity contribution in [1.29, 1.82) is 0 Å². The van der Waals surface area contributed by atoms with Crippen molar-refractivity contribution in [1.82, 2.24) is 15.0 Å². The molecule has 0 aliphatic carbocycles. The summed E-state index contributed by atoms with van der Waals surface area (Å²) >= 11 is 1.68. The number of pyridine rings is 1. The summed E-state index contributed by atoms with van der Waals surface area (Å²) in [5, 5.41) is 5.50. The van der Waals surface area contributed by atoms with E-state index in [4.69, 9.17) is 0 Å². The standard InChI is InChI=1S/C14H14N4S/c1-9-5-15-4-3-11(9)6-16-14-13-12(17-8-18-14)10(2)7-19-13/h3-5,7-8H,6H2,1-2H3,(H,16,17,18). The molecule has 0 saturated heterocycles. The summed E-state index contributed by atoms with van der Waals surface area (Å²) < 4.78 is 1.12. The van der Waals surface area contributed by atoms with Gasteiger partial charge in [-0.05, 0) is 42.0 Å². The Morgan fingerprint density at radius 1 is 1.21 bits per heavy atom. The van der Waals surface area contributed by atoms with Crippen LogP contribution in [0.4, 0.5) is 5.82 Å². The minimum atomic E-state index is 0.747. The molecule has 0 unspecified atom stereocenters. The fourth-order valence-corrected chi connectivity index (χ4v) is 2.94. The first-order valence-electron chi connectivity index (χ1n) is 6.08. The van der Waals surface area contributed by atoms with Crippen LogP contribution in [0.15, 0.2) is 30.2 Å². The summed E-state index contributed by atoms with van der Waals surface area (Å²) in [6.45, 7) is 4.88. The van der Waals surface area contributed by atoms with E-state index in [1.165, 1.54) is 16.7 Å². The first-order chi connectivity index (χ1) is 9.25. The van der Waals surface area contributed by atoms with Gasteiger partial charge in [0.05, 0.1) is 10.2 Å². The van der Waals surface area contributed by atoms with E-state index < -0.39 is 0 Å².